The number of rotatable bonds is 8. The molecule has 6 nitrogen and oxygen atoms in total. The van der Waals surface area contributed by atoms with E-state index < -0.39 is 10.0 Å². The molecule has 1 amide bonds. The molecule has 0 unspecified atom stereocenters. The van der Waals surface area contributed by atoms with Gasteiger partial charge in [0.2, 0.25) is 15.9 Å². The maximum atomic E-state index is 13.6. The van der Waals surface area contributed by atoms with Crippen molar-refractivity contribution < 1.29 is 13.2 Å². The second kappa shape index (κ2) is 9.85. The molecule has 0 bridgehead atoms. The third-order valence-corrected chi connectivity index (χ3v) is 7.01. The lowest BCUT2D eigenvalue weighted by molar-refractivity contribution is -0.121. The van der Waals surface area contributed by atoms with E-state index in [1.54, 1.807) is 32.2 Å². The molecule has 0 aliphatic heterocycles. The SMILES string of the molecule is Cc1cc(C)c(S(=O)(=O)N(CC(=O)NCc2ccccn2)Cc2ccccc2)c(C)c1. The molecule has 0 saturated heterocycles. The van der Waals surface area contributed by atoms with Crippen molar-refractivity contribution in [3.05, 3.63) is 94.8 Å². The Morgan fingerprint density at radius 2 is 1.61 bits per heavy atom. The number of aromatic nitrogens is 1. The van der Waals surface area contributed by atoms with E-state index in [9.17, 15) is 13.2 Å². The molecule has 31 heavy (non-hydrogen) atoms. The van der Waals surface area contributed by atoms with E-state index in [4.69, 9.17) is 0 Å². The van der Waals surface area contributed by atoms with Gasteiger partial charge >= 0.3 is 0 Å². The summed E-state index contributed by atoms with van der Waals surface area (Å²) in [7, 11) is -3.90. The summed E-state index contributed by atoms with van der Waals surface area (Å²) < 4.78 is 28.5. The normalized spacial score (nSPS) is 11.5. The molecule has 2 aromatic carbocycles. The number of amides is 1. The lowest BCUT2D eigenvalue weighted by Crippen LogP contribution is -2.40. The van der Waals surface area contributed by atoms with Gasteiger partial charge in [-0.3, -0.25) is 9.78 Å². The first kappa shape index (κ1) is 22.7. The van der Waals surface area contributed by atoms with Crippen molar-refractivity contribution >= 4 is 15.9 Å². The predicted octanol–water partition coefficient (Wildman–Crippen LogP) is 3.51. The summed E-state index contributed by atoms with van der Waals surface area (Å²) in [5.74, 6) is -0.382. The minimum atomic E-state index is -3.90. The van der Waals surface area contributed by atoms with E-state index in [0.717, 1.165) is 11.1 Å². The number of sulfonamides is 1. The second-order valence-corrected chi connectivity index (χ2v) is 9.46. The van der Waals surface area contributed by atoms with E-state index in [2.05, 4.69) is 10.3 Å². The van der Waals surface area contributed by atoms with Crippen LogP contribution in [0.4, 0.5) is 0 Å². The van der Waals surface area contributed by atoms with Crippen molar-refractivity contribution in [2.75, 3.05) is 6.54 Å². The number of pyridine rings is 1. The van der Waals surface area contributed by atoms with E-state index >= 15 is 0 Å². The predicted molar refractivity (Wildman–Crippen MR) is 121 cm³/mol. The van der Waals surface area contributed by atoms with Gasteiger partial charge in [-0.05, 0) is 49.6 Å². The molecule has 162 valence electrons. The molecule has 0 radical (unpaired) electrons. The first-order valence-electron chi connectivity index (χ1n) is 10.1. The summed E-state index contributed by atoms with van der Waals surface area (Å²) in [4.78, 5) is 17.1. The molecule has 1 N–H and O–H groups in total. The topological polar surface area (TPSA) is 79.4 Å². The molecule has 0 fully saturated rings. The first-order chi connectivity index (χ1) is 14.8. The van der Waals surface area contributed by atoms with Crippen LogP contribution in [0.1, 0.15) is 27.9 Å². The average Bonchev–Trinajstić information content (AvgIpc) is 2.72. The van der Waals surface area contributed by atoms with E-state index in [1.807, 2.05) is 55.5 Å². The van der Waals surface area contributed by atoms with Gasteiger partial charge in [0.05, 0.1) is 23.7 Å². The standard InChI is InChI=1S/C24H27N3O3S/c1-18-13-19(2)24(20(3)14-18)31(29,30)27(16-21-9-5-4-6-10-21)17-23(28)26-15-22-11-7-8-12-25-22/h4-14H,15-17H2,1-3H3,(H,26,28). The highest BCUT2D eigenvalue weighted by Crippen LogP contribution is 2.26. The highest BCUT2D eigenvalue weighted by Gasteiger charge is 2.29. The number of carbonyl (C=O) groups is 1. The van der Waals surface area contributed by atoms with Crippen LogP contribution >= 0.6 is 0 Å². The fraction of sp³-hybridized carbons (Fsp3) is 0.250. The molecule has 0 aliphatic carbocycles. The third kappa shape index (κ3) is 5.77. The molecule has 0 saturated carbocycles. The second-order valence-electron chi connectivity index (χ2n) is 7.58. The third-order valence-electron chi connectivity index (χ3n) is 4.92. The molecule has 1 heterocycles. The van der Waals surface area contributed by atoms with Crippen LogP contribution in [0, 0.1) is 20.8 Å². The Labute approximate surface area is 184 Å². The zero-order valence-corrected chi connectivity index (χ0v) is 18.8. The molecule has 1 aromatic heterocycles. The fourth-order valence-corrected chi connectivity index (χ4v) is 5.42. The Kier molecular flexibility index (Phi) is 7.20. The number of hydrogen-bond acceptors (Lipinski definition) is 4. The minimum absolute atomic E-state index is 0.104. The number of hydrogen-bond donors (Lipinski definition) is 1. The summed E-state index contributed by atoms with van der Waals surface area (Å²) >= 11 is 0. The Morgan fingerprint density at radius 3 is 2.23 bits per heavy atom. The van der Waals surface area contributed by atoms with Crippen molar-refractivity contribution in [2.24, 2.45) is 0 Å². The molecule has 7 heteroatoms. The van der Waals surface area contributed by atoms with Crippen LogP contribution in [0.3, 0.4) is 0 Å². The molecular weight excluding hydrogens is 410 g/mol. The molecular formula is C24H27N3O3S. The van der Waals surface area contributed by atoms with Crippen LogP contribution in [-0.4, -0.2) is 30.2 Å². The Morgan fingerprint density at radius 1 is 0.968 bits per heavy atom. The number of nitrogens with one attached hydrogen (secondary N) is 1. The highest BCUT2D eigenvalue weighted by molar-refractivity contribution is 7.89. The van der Waals surface area contributed by atoms with Crippen LogP contribution in [0.15, 0.2) is 71.8 Å². The van der Waals surface area contributed by atoms with Crippen LogP contribution in [0.5, 0.6) is 0 Å². The molecule has 0 spiro atoms. The Bertz CT molecular complexity index is 1120. The Hall–Kier alpha value is -3.03. The molecule has 3 rings (SSSR count). The number of benzene rings is 2. The maximum Gasteiger partial charge on any atom is 0.244 e. The smallest absolute Gasteiger partial charge is 0.244 e. The monoisotopic (exact) mass is 437 g/mol. The summed E-state index contributed by atoms with van der Waals surface area (Å²) in [6, 6.07) is 18.4. The number of carbonyl (C=O) groups excluding carboxylic acids is 1. The van der Waals surface area contributed by atoms with E-state index in [0.29, 0.717) is 16.8 Å². The first-order valence-corrected chi connectivity index (χ1v) is 11.5. The molecule has 0 aliphatic rings. The van der Waals surface area contributed by atoms with Crippen molar-refractivity contribution in [3.63, 3.8) is 0 Å². The number of nitrogens with zero attached hydrogens (tertiary/aromatic N) is 2. The summed E-state index contributed by atoms with van der Waals surface area (Å²) in [6.45, 7) is 5.57. The van der Waals surface area contributed by atoms with Crippen LogP contribution in [-0.2, 0) is 27.9 Å². The van der Waals surface area contributed by atoms with Gasteiger partial charge in [0.25, 0.3) is 0 Å². The van der Waals surface area contributed by atoms with Gasteiger partial charge in [-0.15, -0.1) is 0 Å². The molecule has 3 aromatic rings. The quantitative estimate of drug-likeness (QED) is 0.585. The number of aryl methyl sites for hydroxylation is 3. The summed E-state index contributed by atoms with van der Waals surface area (Å²) in [5.41, 5.74) is 3.86. The van der Waals surface area contributed by atoms with Gasteiger partial charge in [0.1, 0.15) is 0 Å². The zero-order valence-electron chi connectivity index (χ0n) is 18.0. The van der Waals surface area contributed by atoms with E-state index in [-0.39, 0.29) is 30.4 Å². The van der Waals surface area contributed by atoms with Crippen LogP contribution in [0.25, 0.3) is 0 Å². The van der Waals surface area contributed by atoms with E-state index in [1.165, 1.54) is 4.31 Å². The largest absolute Gasteiger partial charge is 0.349 e. The lowest BCUT2D eigenvalue weighted by Gasteiger charge is -2.24. The molecule has 0 atom stereocenters. The van der Waals surface area contributed by atoms with Gasteiger partial charge in [-0.25, -0.2) is 8.42 Å². The maximum absolute atomic E-state index is 13.6. The van der Waals surface area contributed by atoms with Gasteiger partial charge in [0.15, 0.2) is 0 Å². The Balaban J connectivity index is 1.88. The van der Waals surface area contributed by atoms with Crippen molar-refractivity contribution in [3.8, 4) is 0 Å². The average molecular weight is 438 g/mol. The van der Waals surface area contributed by atoms with Crippen LogP contribution < -0.4 is 5.32 Å². The van der Waals surface area contributed by atoms with Crippen molar-refractivity contribution in [2.45, 2.75) is 38.8 Å². The fourth-order valence-electron chi connectivity index (χ4n) is 3.62. The zero-order chi connectivity index (χ0) is 22.4. The summed E-state index contributed by atoms with van der Waals surface area (Å²) in [6.07, 6.45) is 1.65. The lowest BCUT2D eigenvalue weighted by atomic mass is 10.1. The van der Waals surface area contributed by atoms with Crippen LogP contribution in [0.2, 0.25) is 0 Å². The minimum Gasteiger partial charge on any atom is -0.349 e. The summed E-state index contributed by atoms with van der Waals surface area (Å²) in [5, 5.41) is 2.77. The van der Waals surface area contributed by atoms with Gasteiger partial charge in [0, 0.05) is 12.7 Å². The van der Waals surface area contributed by atoms with Crippen molar-refractivity contribution in [1.29, 1.82) is 0 Å². The van der Waals surface area contributed by atoms with Gasteiger partial charge < -0.3 is 5.32 Å². The van der Waals surface area contributed by atoms with Crippen molar-refractivity contribution in [1.82, 2.24) is 14.6 Å². The highest BCUT2D eigenvalue weighted by atomic mass is 32.2. The van der Waals surface area contributed by atoms with Gasteiger partial charge in [-0.1, -0.05) is 54.1 Å². The van der Waals surface area contributed by atoms with Gasteiger partial charge in [-0.2, -0.15) is 4.31 Å².